The molecule has 18 heavy (non-hydrogen) atoms. The van der Waals surface area contributed by atoms with Gasteiger partial charge in [-0.2, -0.15) is 0 Å². The van der Waals surface area contributed by atoms with Crippen molar-refractivity contribution in [2.45, 2.75) is 19.4 Å². The number of ether oxygens (including phenoxy) is 1. The van der Waals surface area contributed by atoms with E-state index in [9.17, 15) is 4.79 Å². The molecule has 4 nitrogen and oxygen atoms in total. The number of rotatable bonds is 7. The molecule has 0 bridgehead atoms. The monoisotopic (exact) mass is 248 g/mol. The summed E-state index contributed by atoms with van der Waals surface area (Å²) < 4.78 is 5.23. The zero-order valence-electron chi connectivity index (χ0n) is 10.7. The second-order valence-electron chi connectivity index (χ2n) is 4.66. The van der Waals surface area contributed by atoms with Gasteiger partial charge in [-0.05, 0) is 31.4 Å². The van der Waals surface area contributed by atoms with Gasteiger partial charge in [0.2, 0.25) is 5.91 Å². The molecule has 1 aromatic carbocycles. The number of amides is 1. The first kappa shape index (κ1) is 12.9. The third kappa shape index (κ3) is 4.04. The number of carbonyl (C=O) groups excluding carboxylic acids is 1. The van der Waals surface area contributed by atoms with Gasteiger partial charge in [-0.25, -0.2) is 0 Å². The molecular formula is C14H20N2O2. The van der Waals surface area contributed by atoms with Gasteiger partial charge < -0.3 is 15.4 Å². The third-order valence-corrected chi connectivity index (χ3v) is 3.08. The summed E-state index contributed by atoms with van der Waals surface area (Å²) in [5.74, 6) is 1.64. The van der Waals surface area contributed by atoms with Crippen LogP contribution < -0.4 is 15.4 Å². The van der Waals surface area contributed by atoms with Crippen LogP contribution in [0.3, 0.4) is 0 Å². The number of benzene rings is 1. The molecular weight excluding hydrogens is 228 g/mol. The molecule has 4 heteroatoms. The summed E-state index contributed by atoms with van der Waals surface area (Å²) in [6.07, 6.45) is 2.60. The van der Waals surface area contributed by atoms with Crippen molar-refractivity contribution in [3.8, 4) is 5.75 Å². The van der Waals surface area contributed by atoms with E-state index in [0.717, 1.165) is 23.8 Å². The summed E-state index contributed by atoms with van der Waals surface area (Å²) in [6, 6.07) is 7.71. The van der Waals surface area contributed by atoms with Gasteiger partial charge in [0.05, 0.1) is 13.7 Å². The number of carbonyl (C=O) groups is 1. The van der Waals surface area contributed by atoms with E-state index in [-0.39, 0.29) is 5.91 Å². The fourth-order valence-corrected chi connectivity index (χ4v) is 1.82. The SMILES string of the molecule is COc1ccccc1CNC(=O)CNCC1CC1. The summed E-state index contributed by atoms with van der Waals surface area (Å²) in [6.45, 7) is 1.86. The topological polar surface area (TPSA) is 50.4 Å². The lowest BCUT2D eigenvalue weighted by atomic mass is 10.2. The fourth-order valence-electron chi connectivity index (χ4n) is 1.82. The Morgan fingerprint density at radius 3 is 2.89 bits per heavy atom. The standard InChI is InChI=1S/C14H20N2O2/c1-18-13-5-3-2-4-12(13)9-16-14(17)10-15-8-11-6-7-11/h2-5,11,15H,6-10H2,1H3,(H,16,17). The average molecular weight is 248 g/mol. The molecule has 1 fully saturated rings. The summed E-state index contributed by atoms with van der Waals surface area (Å²) in [5.41, 5.74) is 0.996. The average Bonchev–Trinajstić information content (AvgIpc) is 3.21. The molecule has 0 aliphatic heterocycles. The zero-order valence-corrected chi connectivity index (χ0v) is 10.7. The van der Waals surface area contributed by atoms with E-state index in [2.05, 4.69) is 10.6 Å². The molecule has 0 spiro atoms. The van der Waals surface area contributed by atoms with Crippen LogP contribution in [0.1, 0.15) is 18.4 Å². The zero-order chi connectivity index (χ0) is 12.8. The molecule has 98 valence electrons. The van der Waals surface area contributed by atoms with E-state index >= 15 is 0 Å². The number of methoxy groups -OCH3 is 1. The highest BCUT2D eigenvalue weighted by Crippen LogP contribution is 2.27. The van der Waals surface area contributed by atoms with Crippen LogP contribution >= 0.6 is 0 Å². The Labute approximate surface area is 108 Å². The maximum Gasteiger partial charge on any atom is 0.234 e. The van der Waals surface area contributed by atoms with Crippen molar-refractivity contribution in [3.63, 3.8) is 0 Å². The van der Waals surface area contributed by atoms with Gasteiger partial charge >= 0.3 is 0 Å². The van der Waals surface area contributed by atoms with Gasteiger partial charge in [-0.3, -0.25) is 4.79 Å². The fraction of sp³-hybridized carbons (Fsp3) is 0.500. The first-order chi connectivity index (χ1) is 8.79. The Morgan fingerprint density at radius 1 is 1.39 bits per heavy atom. The Bertz CT molecular complexity index is 403. The van der Waals surface area contributed by atoms with Gasteiger partial charge in [0.25, 0.3) is 0 Å². The first-order valence-corrected chi connectivity index (χ1v) is 6.39. The molecule has 2 rings (SSSR count). The van der Waals surface area contributed by atoms with E-state index < -0.39 is 0 Å². The molecule has 2 N–H and O–H groups in total. The first-order valence-electron chi connectivity index (χ1n) is 6.39. The van der Waals surface area contributed by atoms with E-state index in [0.29, 0.717) is 13.1 Å². The van der Waals surface area contributed by atoms with Gasteiger partial charge in [0, 0.05) is 12.1 Å². The van der Waals surface area contributed by atoms with Gasteiger partial charge in [-0.15, -0.1) is 0 Å². The molecule has 0 saturated heterocycles. The second kappa shape index (κ2) is 6.40. The van der Waals surface area contributed by atoms with Crippen LogP contribution in [0.2, 0.25) is 0 Å². The molecule has 1 saturated carbocycles. The van der Waals surface area contributed by atoms with Crippen LogP contribution in [0.25, 0.3) is 0 Å². The van der Waals surface area contributed by atoms with Crippen molar-refractivity contribution < 1.29 is 9.53 Å². The Morgan fingerprint density at radius 2 is 2.17 bits per heavy atom. The van der Waals surface area contributed by atoms with Crippen LogP contribution in [-0.4, -0.2) is 26.1 Å². The molecule has 0 atom stereocenters. The quantitative estimate of drug-likeness (QED) is 0.765. The highest BCUT2D eigenvalue weighted by molar-refractivity contribution is 5.78. The highest BCUT2D eigenvalue weighted by atomic mass is 16.5. The smallest absolute Gasteiger partial charge is 0.234 e. The minimum atomic E-state index is 0.0292. The maximum absolute atomic E-state index is 11.6. The Balaban J connectivity index is 1.70. The van der Waals surface area contributed by atoms with Crippen molar-refractivity contribution in [2.24, 2.45) is 5.92 Å². The van der Waals surface area contributed by atoms with Crippen LogP contribution in [0.4, 0.5) is 0 Å². The summed E-state index contributed by atoms with van der Waals surface area (Å²) in [5, 5.41) is 6.06. The lowest BCUT2D eigenvalue weighted by Gasteiger charge is -2.09. The van der Waals surface area contributed by atoms with Crippen molar-refractivity contribution in [1.82, 2.24) is 10.6 Å². The lowest BCUT2D eigenvalue weighted by Crippen LogP contribution is -2.34. The maximum atomic E-state index is 11.6. The Kier molecular flexibility index (Phi) is 4.59. The normalized spacial score (nSPS) is 14.3. The van der Waals surface area contributed by atoms with E-state index in [1.54, 1.807) is 7.11 Å². The summed E-state index contributed by atoms with van der Waals surface area (Å²) in [7, 11) is 1.64. The minimum absolute atomic E-state index is 0.0292. The van der Waals surface area contributed by atoms with Crippen LogP contribution in [0.15, 0.2) is 24.3 Å². The molecule has 1 aliphatic rings. The number of hydrogen-bond donors (Lipinski definition) is 2. The lowest BCUT2D eigenvalue weighted by molar-refractivity contribution is -0.120. The van der Waals surface area contributed by atoms with E-state index in [1.165, 1.54) is 12.8 Å². The van der Waals surface area contributed by atoms with Crippen molar-refractivity contribution in [2.75, 3.05) is 20.2 Å². The van der Waals surface area contributed by atoms with Crippen molar-refractivity contribution in [3.05, 3.63) is 29.8 Å². The number of para-hydroxylation sites is 1. The highest BCUT2D eigenvalue weighted by Gasteiger charge is 2.20. The van der Waals surface area contributed by atoms with Crippen LogP contribution in [-0.2, 0) is 11.3 Å². The van der Waals surface area contributed by atoms with Gasteiger partial charge in [-0.1, -0.05) is 18.2 Å². The van der Waals surface area contributed by atoms with Gasteiger partial charge in [0.15, 0.2) is 0 Å². The molecule has 1 amide bonds. The van der Waals surface area contributed by atoms with Crippen molar-refractivity contribution >= 4 is 5.91 Å². The number of hydrogen-bond acceptors (Lipinski definition) is 3. The largest absolute Gasteiger partial charge is 0.496 e. The van der Waals surface area contributed by atoms with Crippen LogP contribution in [0, 0.1) is 5.92 Å². The van der Waals surface area contributed by atoms with Crippen molar-refractivity contribution in [1.29, 1.82) is 0 Å². The van der Waals surface area contributed by atoms with E-state index in [4.69, 9.17) is 4.74 Å². The van der Waals surface area contributed by atoms with Gasteiger partial charge in [0.1, 0.15) is 5.75 Å². The molecule has 0 unspecified atom stereocenters. The third-order valence-electron chi connectivity index (χ3n) is 3.08. The van der Waals surface area contributed by atoms with Crippen LogP contribution in [0.5, 0.6) is 5.75 Å². The predicted molar refractivity (Wildman–Crippen MR) is 70.4 cm³/mol. The van der Waals surface area contributed by atoms with E-state index in [1.807, 2.05) is 24.3 Å². The summed E-state index contributed by atoms with van der Waals surface area (Å²) in [4.78, 5) is 11.6. The second-order valence-corrected chi connectivity index (χ2v) is 4.66. The molecule has 0 radical (unpaired) electrons. The number of nitrogens with one attached hydrogen (secondary N) is 2. The molecule has 0 aromatic heterocycles. The minimum Gasteiger partial charge on any atom is -0.496 e. The summed E-state index contributed by atoms with van der Waals surface area (Å²) >= 11 is 0. The molecule has 0 heterocycles. The molecule has 1 aromatic rings. The molecule has 1 aliphatic carbocycles. The predicted octanol–water partition coefficient (Wildman–Crippen LogP) is 1.31. The Hall–Kier alpha value is -1.55.